The number of carbonyl (C=O) groups excluding carboxylic acids is 2. The summed E-state index contributed by atoms with van der Waals surface area (Å²) in [6.45, 7) is 6.21. The molecule has 2 bridgehead atoms. The number of anilines is 1. The third-order valence-electron chi connectivity index (χ3n) is 7.78. The van der Waals surface area contributed by atoms with Crippen LogP contribution in [0.25, 0.3) is 0 Å². The minimum atomic E-state index is -0.488. The maximum atomic E-state index is 13.1. The molecule has 2 amide bonds. The Morgan fingerprint density at radius 1 is 1.34 bits per heavy atom. The highest BCUT2D eigenvalue weighted by Gasteiger charge is 2.60. The Kier molecular flexibility index (Phi) is 4.53. The summed E-state index contributed by atoms with van der Waals surface area (Å²) < 4.78 is 0. The smallest absolute Gasteiger partial charge is 0.256 e. The van der Waals surface area contributed by atoms with E-state index in [1.165, 1.54) is 12.8 Å². The monoisotopic (exact) mass is 397 g/mol. The van der Waals surface area contributed by atoms with E-state index in [1.54, 1.807) is 18.3 Å². The molecule has 156 valence electrons. The summed E-state index contributed by atoms with van der Waals surface area (Å²) in [4.78, 5) is 32.6. The van der Waals surface area contributed by atoms with Crippen LogP contribution in [0.15, 0.2) is 18.3 Å². The lowest BCUT2D eigenvalue weighted by Crippen LogP contribution is -2.70. The maximum absolute atomic E-state index is 13.1. The predicted octanol–water partition coefficient (Wildman–Crippen LogP) is 1.97. The topological polar surface area (TPSA) is 86.4 Å². The van der Waals surface area contributed by atoms with Gasteiger partial charge in [-0.2, -0.15) is 0 Å². The van der Waals surface area contributed by atoms with Crippen LogP contribution in [0, 0.1) is 17.3 Å². The summed E-state index contributed by atoms with van der Waals surface area (Å²) >= 11 is 0. The highest BCUT2D eigenvalue weighted by molar-refractivity contribution is 6.01. The molecule has 0 aromatic carbocycles. The first-order chi connectivity index (χ1) is 14.0. The molecule has 4 atom stereocenters. The lowest BCUT2D eigenvalue weighted by Gasteiger charge is -2.60. The number of hydrogen-bond acceptors (Lipinski definition) is 5. The van der Waals surface area contributed by atoms with E-state index < -0.39 is 5.66 Å². The summed E-state index contributed by atoms with van der Waals surface area (Å²) in [5.41, 5.74) is -0.0162. The van der Waals surface area contributed by atoms with Crippen molar-refractivity contribution in [3.8, 4) is 0 Å². The molecule has 3 aliphatic carbocycles. The maximum Gasteiger partial charge on any atom is 0.256 e. The number of nitrogens with one attached hydrogen (secondary N) is 3. The standard InChI is InChI=1S/C22H31N5O2/c1-21-7-6-15(13-17(21)20(29)24-9-12-27-10-2-3-11-27)22(14-21)25-18-16(19(28)26-22)5-4-8-23-18/h4-5,8,15,17H,2-3,6-7,9-14H2,1H3,(H,23,25)(H,24,29)(H,26,28)/t15-,17-,21-,22-/m0/s1. The van der Waals surface area contributed by atoms with Gasteiger partial charge in [-0.15, -0.1) is 0 Å². The highest BCUT2D eigenvalue weighted by Crippen LogP contribution is 2.58. The molecule has 3 saturated carbocycles. The summed E-state index contributed by atoms with van der Waals surface area (Å²) in [5, 5.41) is 10.0. The number of rotatable bonds is 4. The Morgan fingerprint density at radius 3 is 2.97 bits per heavy atom. The van der Waals surface area contributed by atoms with Crippen molar-refractivity contribution in [2.75, 3.05) is 31.5 Å². The van der Waals surface area contributed by atoms with E-state index in [2.05, 4.69) is 32.8 Å². The number of fused-ring (bicyclic) bond motifs is 3. The van der Waals surface area contributed by atoms with E-state index in [4.69, 9.17) is 0 Å². The number of pyridine rings is 1. The molecule has 5 aliphatic rings. The first-order valence-electron chi connectivity index (χ1n) is 11.0. The molecule has 4 fully saturated rings. The second-order valence-electron chi connectivity index (χ2n) is 9.64. The normalized spacial score (nSPS) is 35.8. The van der Waals surface area contributed by atoms with Crippen LogP contribution in [-0.2, 0) is 4.79 Å². The summed E-state index contributed by atoms with van der Waals surface area (Å²) in [5.74, 6) is 1.03. The van der Waals surface area contributed by atoms with E-state index in [-0.39, 0.29) is 29.1 Å². The molecule has 6 rings (SSSR count). The number of amides is 2. The van der Waals surface area contributed by atoms with Gasteiger partial charge in [-0.25, -0.2) is 4.98 Å². The van der Waals surface area contributed by atoms with Crippen molar-refractivity contribution in [2.45, 2.75) is 51.1 Å². The van der Waals surface area contributed by atoms with Gasteiger partial charge in [0.25, 0.3) is 5.91 Å². The van der Waals surface area contributed by atoms with E-state index in [0.29, 0.717) is 11.4 Å². The van der Waals surface area contributed by atoms with Crippen LogP contribution in [0.3, 0.4) is 0 Å². The van der Waals surface area contributed by atoms with Crippen molar-refractivity contribution < 1.29 is 9.59 Å². The van der Waals surface area contributed by atoms with Crippen LogP contribution in [0.2, 0.25) is 0 Å². The van der Waals surface area contributed by atoms with Gasteiger partial charge >= 0.3 is 0 Å². The first kappa shape index (κ1) is 18.9. The van der Waals surface area contributed by atoms with Crippen LogP contribution in [0.4, 0.5) is 5.82 Å². The summed E-state index contributed by atoms with van der Waals surface area (Å²) in [7, 11) is 0. The van der Waals surface area contributed by atoms with E-state index in [1.807, 2.05) is 0 Å². The number of nitrogens with zero attached hydrogens (tertiary/aromatic N) is 2. The van der Waals surface area contributed by atoms with Gasteiger partial charge in [-0.05, 0) is 69.2 Å². The zero-order valence-electron chi connectivity index (χ0n) is 17.2. The molecule has 7 nitrogen and oxygen atoms in total. The molecule has 7 heteroatoms. The van der Waals surface area contributed by atoms with Crippen LogP contribution in [0.5, 0.6) is 0 Å². The zero-order chi connectivity index (χ0) is 20.1. The number of aromatic nitrogens is 1. The third kappa shape index (κ3) is 3.19. The van der Waals surface area contributed by atoms with E-state index >= 15 is 0 Å². The summed E-state index contributed by atoms with van der Waals surface area (Å²) in [6.07, 6.45) is 7.87. The van der Waals surface area contributed by atoms with Crippen molar-refractivity contribution in [3.05, 3.63) is 23.9 Å². The highest BCUT2D eigenvalue weighted by atomic mass is 16.2. The lowest BCUT2D eigenvalue weighted by molar-refractivity contribution is -0.139. The molecule has 3 heterocycles. The van der Waals surface area contributed by atoms with Gasteiger partial charge in [0.15, 0.2) is 0 Å². The molecule has 1 aromatic heterocycles. The van der Waals surface area contributed by atoms with Gasteiger partial charge in [-0.1, -0.05) is 6.92 Å². The average molecular weight is 398 g/mol. The minimum Gasteiger partial charge on any atom is -0.355 e. The molecule has 0 unspecified atom stereocenters. The molecule has 1 saturated heterocycles. The molecule has 3 N–H and O–H groups in total. The van der Waals surface area contributed by atoms with Crippen molar-refractivity contribution >= 4 is 17.6 Å². The third-order valence-corrected chi connectivity index (χ3v) is 7.78. The van der Waals surface area contributed by atoms with Crippen molar-refractivity contribution in [2.24, 2.45) is 17.3 Å². The fourth-order valence-corrected chi connectivity index (χ4v) is 6.19. The van der Waals surface area contributed by atoms with Crippen molar-refractivity contribution in [1.82, 2.24) is 20.5 Å². The average Bonchev–Trinajstić information content (AvgIpc) is 3.21. The fourth-order valence-electron chi connectivity index (χ4n) is 6.19. The Hall–Kier alpha value is -2.15. The van der Waals surface area contributed by atoms with Gasteiger partial charge < -0.3 is 20.9 Å². The quantitative estimate of drug-likeness (QED) is 0.723. The molecule has 29 heavy (non-hydrogen) atoms. The Balaban J connectivity index is 1.28. The molecular formula is C22H31N5O2. The second-order valence-corrected chi connectivity index (χ2v) is 9.64. The van der Waals surface area contributed by atoms with E-state index in [9.17, 15) is 9.59 Å². The largest absolute Gasteiger partial charge is 0.355 e. The minimum absolute atomic E-state index is 0.00860. The molecular weight excluding hydrogens is 366 g/mol. The Labute approximate surface area is 172 Å². The number of carbonyl (C=O) groups is 2. The Bertz CT molecular complexity index is 823. The number of hydrogen-bond donors (Lipinski definition) is 3. The van der Waals surface area contributed by atoms with Crippen LogP contribution in [0.1, 0.15) is 55.8 Å². The molecule has 1 aromatic rings. The first-order valence-corrected chi connectivity index (χ1v) is 11.0. The molecule has 2 aliphatic heterocycles. The van der Waals surface area contributed by atoms with Gasteiger partial charge in [0, 0.05) is 31.1 Å². The lowest BCUT2D eigenvalue weighted by atomic mass is 9.51. The van der Waals surface area contributed by atoms with Crippen LogP contribution >= 0.6 is 0 Å². The van der Waals surface area contributed by atoms with Crippen molar-refractivity contribution in [3.63, 3.8) is 0 Å². The van der Waals surface area contributed by atoms with Crippen LogP contribution in [-0.4, -0.2) is 53.5 Å². The molecule has 1 spiro atoms. The number of likely N-dealkylation sites (tertiary alicyclic amines) is 1. The second kappa shape index (κ2) is 6.97. The SMILES string of the molecule is C[C@@]12CC[C@@H](C[C@H]1C(=O)NCCN1CCCC1)[C@]1(C2)NC(=O)c2cccnc2N1. The van der Waals surface area contributed by atoms with E-state index in [0.717, 1.165) is 51.9 Å². The van der Waals surface area contributed by atoms with Crippen LogP contribution < -0.4 is 16.0 Å². The van der Waals surface area contributed by atoms with Gasteiger partial charge in [0.1, 0.15) is 11.5 Å². The molecule has 0 radical (unpaired) electrons. The zero-order valence-corrected chi connectivity index (χ0v) is 17.2. The van der Waals surface area contributed by atoms with Gasteiger partial charge in [0.05, 0.1) is 5.56 Å². The summed E-state index contributed by atoms with van der Waals surface area (Å²) in [6, 6.07) is 3.59. The van der Waals surface area contributed by atoms with Gasteiger partial charge in [-0.3, -0.25) is 9.59 Å². The predicted molar refractivity (Wildman–Crippen MR) is 110 cm³/mol. The van der Waals surface area contributed by atoms with Crippen molar-refractivity contribution in [1.29, 1.82) is 0 Å². The fraction of sp³-hybridized carbons (Fsp3) is 0.682. The van der Waals surface area contributed by atoms with Gasteiger partial charge in [0.2, 0.25) is 5.91 Å². The Morgan fingerprint density at radius 2 is 2.17 bits per heavy atom.